The summed E-state index contributed by atoms with van der Waals surface area (Å²) in [6, 6.07) is 0. The number of hydrogen-bond acceptors (Lipinski definition) is 1. The lowest BCUT2D eigenvalue weighted by molar-refractivity contribution is -0.127. The largest absolute Gasteiger partial charge is 0.350 e. The summed E-state index contributed by atoms with van der Waals surface area (Å²) in [5.41, 5.74) is 0. The molecule has 0 N–H and O–H groups in total. The molecule has 73 valence electrons. The molecule has 1 atom stereocenters. The van der Waals surface area contributed by atoms with E-state index in [0.717, 1.165) is 6.42 Å². The third-order valence-electron chi connectivity index (χ3n) is 1.85. The van der Waals surface area contributed by atoms with Gasteiger partial charge < -0.3 is 4.74 Å². The van der Waals surface area contributed by atoms with E-state index < -0.39 is 6.29 Å². The van der Waals surface area contributed by atoms with Crippen LogP contribution in [-0.2, 0) is 9.84 Å². The smallest absolute Gasteiger partial charge is 0.188 e. The molecule has 1 unspecified atom stereocenters. The van der Waals surface area contributed by atoms with Crippen LogP contribution in [0, 0.1) is 0 Å². The Morgan fingerprint density at radius 1 is 1.08 bits per heavy atom. The summed E-state index contributed by atoms with van der Waals surface area (Å²) < 4.78 is 4.89. The molecule has 0 saturated carbocycles. The first-order valence-electron chi connectivity index (χ1n) is 5.04. The van der Waals surface area contributed by atoms with E-state index in [-0.39, 0.29) is 0 Å². The lowest BCUT2D eigenvalue weighted by Gasteiger charge is -2.03. The van der Waals surface area contributed by atoms with E-state index in [0.29, 0.717) is 6.61 Å². The van der Waals surface area contributed by atoms with Crippen LogP contribution in [0.15, 0.2) is 0 Å². The van der Waals surface area contributed by atoms with Gasteiger partial charge in [-0.15, -0.1) is 0 Å². The molecule has 0 aliphatic heterocycles. The molecule has 0 aliphatic carbocycles. The number of unbranched alkanes of at least 4 members (excludes halogenated alkanes) is 5. The van der Waals surface area contributed by atoms with Crippen molar-refractivity contribution >= 4 is 0 Å². The highest BCUT2D eigenvalue weighted by atomic mass is 16.6. The molecule has 0 aromatic carbocycles. The Morgan fingerprint density at radius 3 is 2.25 bits per heavy atom. The second kappa shape index (κ2) is 9.01. The summed E-state index contributed by atoms with van der Waals surface area (Å²) in [6.45, 7) is 4.39. The summed E-state index contributed by atoms with van der Waals surface area (Å²) in [6.07, 6.45) is 6.62. The molecule has 0 amide bonds. The summed E-state index contributed by atoms with van der Waals surface area (Å²) in [4.78, 5) is 0. The maximum Gasteiger partial charge on any atom is 0.188 e. The molecule has 0 aromatic heterocycles. The lowest BCUT2D eigenvalue weighted by Crippen LogP contribution is -2.05. The minimum atomic E-state index is -0.847. The van der Waals surface area contributed by atoms with Gasteiger partial charge in [0.05, 0.1) is 0 Å². The van der Waals surface area contributed by atoms with E-state index in [1.165, 1.54) is 39.0 Å². The first kappa shape index (κ1) is 11.9. The van der Waals surface area contributed by atoms with E-state index in [1.54, 1.807) is 0 Å². The van der Waals surface area contributed by atoms with E-state index in [1.807, 2.05) is 0 Å². The van der Waals surface area contributed by atoms with Crippen LogP contribution in [0.3, 0.4) is 0 Å². The van der Waals surface area contributed by atoms with Crippen LogP contribution in [0.1, 0.15) is 52.4 Å². The molecule has 1 radical (unpaired) electrons. The molecule has 0 heterocycles. The molecular formula is C10H21O2. The number of hydrogen-bond donors (Lipinski definition) is 0. The van der Waals surface area contributed by atoms with Gasteiger partial charge in [-0.3, -0.25) is 0 Å². The average Bonchev–Trinajstić information content (AvgIpc) is 2.02. The number of ether oxygens (including phenoxy) is 1. The van der Waals surface area contributed by atoms with Gasteiger partial charge in [0, 0.05) is 6.61 Å². The van der Waals surface area contributed by atoms with Gasteiger partial charge in [0.1, 0.15) is 0 Å². The van der Waals surface area contributed by atoms with Gasteiger partial charge in [-0.05, 0) is 13.3 Å². The van der Waals surface area contributed by atoms with Crippen molar-refractivity contribution in [2.45, 2.75) is 58.7 Å². The molecule has 0 saturated heterocycles. The second-order valence-corrected chi connectivity index (χ2v) is 3.21. The van der Waals surface area contributed by atoms with Gasteiger partial charge in [0.25, 0.3) is 0 Å². The normalized spacial score (nSPS) is 13.2. The van der Waals surface area contributed by atoms with Gasteiger partial charge in [-0.1, -0.05) is 39.0 Å². The predicted molar refractivity (Wildman–Crippen MR) is 49.5 cm³/mol. The molecule has 2 nitrogen and oxygen atoms in total. The van der Waals surface area contributed by atoms with Gasteiger partial charge in [-0.2, -0.15) is 0 Å². The first-order valence-corrected chi connectivity index (χ1v) is 5.04. The van der Waals surface area contributed by atoms with Crippen molar-refractivity contribution < 1.29 is 9.84 Å². The van der Waals surface area contributed by atoms with Crippen LogP contribution in [0.4, 0.5) is 0 Å². The molecule has 0 aromatic rings. The molecule has 2 heteroatoms. The fraction of sp³-hybridized carbons (Fsp3) is 1.00. The molecule has 0 aliphatic rings. The summed E-state index contributed by atoms with van der Waals surface area (Å²) in [5, 5.41) is 10.4. The summed E-state index contributed by atoms with van der Waals surface area (Å²) in [5.74, 6) is 0. The fourth-order valence-electron chi connectivity index (χ4n) is 1.13. The zero-order valence-corrected chi connectivity index (χ0v) is 8.34. The molecule has 0 fully saturated rings. The highest BCUT2D eigenvalue weighted by Crippen LogP contribution is 2.05. The maximum absolute atomic E-state index is 10.4. The minimum Gasteiger partial charge on any atom is -0.350 e. The monoisotopic (exact) mass is 173 g/mol. The van der Waals surface area contributed by atoms with E-state index in [2.05, 4.69) is 6.92 Å². The topological polar surface area (TPSA) is 29.1 Å². The van der Waals surface area contributed by atoms with Crippen LogP contribution in [0.25, 0.3) is 0 Å². The Hall–Kier alpha value is -0.0800. The third kappa shape index (κ3) is 9.92. The van der Waals surface area contributed by atoms with Crippen molar-refractivity contribution in [1.29, 1.82) is 0 Å². The van der Waals surface area contributed by atoms with Crippen LogP contribution in [0.2, 0.25) is 0 Å². The highest BCUT2D eigenvalue weighted by molar-refractivity contribution is 4.43. The van der Waals surface area contributed by atoms with Crippen molar-refractivity contribution in [2.75, 3.05) is 6.61 Å². The van der Waals surface area contributed by atoms with Crippen LogP contribution < -0.4 is 0 Å². The third-order valence-corrected chi connectivity index (χ3v) is 1.85. The Balaban J connectivity index is 2.82. The zero-order valence-electron chi connectivity index (χ0n) is 8.34. The Kier molecular flexibility index (Phi) is 8.95. The van der Waals surface area contributed by atoms with Gasteiger partial charge in [0.15, 0.2) is 6.29 Å². The lowest BCUT2D eigenvalue weighted by atomic mass is 10.1. The zero-order chi connectivity index (χ0) is 9.23. The highest BCUT2D eigenvalue weighted by Gasteiger charge is 1.95. The van der Waals surface area contributed by atoms with Crippen molar-refractivity contribution in [3.05, 3.63) is 0 Å². The maximum atomic E-state index is 10.4. The Bertz CT molecular complexity index is 81.9. The van der Waals surface area contributed by atoms with Crippen molar-refractivity contribution in [3.63, 3.8) is 0 Å². The van der Waals surface area contributed by atoms with E-state index in [9.17, 15) is 5.11 Å². The summed E-state index contributed by atoms with van der Waals surface area (Å²) in [7, 11) is 0. The molecule has 0 rings (SSSR count). The van der Waals surface area contributed by atoms with Crippen LogP contribution >= 0.6 is 0 Å². The number of rotatable bonds is 8. The molecular weight excluding hydrogens is 152 g/mol. The predicted octanol–water partition coefficient (Wildman–Crippen LogP) is 3.14. The van der Waals surface area contributed by atoms with Gasteiger partial charge >= 0.3 is 0 Å². The van der Waals surface area contributed by atoms with E-state index >= 15 is 0 Å². The van der Waals surface area contributed by atoms with Crippen molar-refractivity contribution in [1.82, 2.24) is 0 Å². The Morgan fingerprint density at radius 2 is 1.67 bits per heavy atom. The molecule has 12 heavy (non-hydrogen) atoms. The summed E-state index contributed by atoms with van der Waals surface area (Å²) >= 11 is 0. The van der Waals surface area contributed by atoms with Crippen LogP contribution in [-0.4, -0.2) is 12.9 Å². The molecule has 0 spiro atoms. The SMILES string of the molecule is CCCCCCCCOC(C)[O]. The van der Waals surface area contributed by atoms with E-state index in [4.69, 9.17) is 4.74 Å². The standard InChI is InChI=1S/C10H21O2/c1-3-4-5-6-7-8-9-12-10(2)11/h10H,3-9H2,1-2H3. The average molecular weight is 173 g/mol. The van der Waals surface area contributed by atoms with Crippen molar-refractivity contribution in [3.8, 4) is 0 Å². The molecule has 0 bridgehead atoms. The van der Waals surface area contributed by atoms with Crippen LogP contribution in [0.5, 0.6) is 0 Å². The van der Waals surface area contributed by atoms with Gasteiger partial charge in [0.2, 0.25) is 0 Å². The van der Waals surface area contributed by atoms with Crippen molar-refractivity contribution in [2.24, 2.45) is 0 Å². The second-order valence-electron chi connectivity index (χ2n) is 3.21. The minimum absolute atomic E-state index is 0.636. The Labute approximate surface area is 75.9 Å². The fourth-order valence-corrected chi connectivity index (χ4v) is 1.13. The van der Waals surface area contributed by atoms with Gasteiger partial charge in [-0.25, -0.2) is 5.11 Å². The first-order chi connectivity index (χ1) is 5.77. The quantitative estimate of drug-likeness (QED) is 0.409.